The lowest BCUT2D eigenvalue weighted by Crippen LogP contribution is -2.45. The van der Waals surface area contributed by atoms with Crippen molar-refractivity contribution in [3.05, 3.63) is 0 Å². The zero-order valence-electron chi connectivity index (χ0n) is 12.0. The average Bonchev–Trinajstić information content (AvgIpc) is 3.30. The molecule has 3 heteroatoms. The van der Waals surface area contributed by atoms with Gasteiger partial charge in [-0.2, -0.15) is 0 Å². The van der Waals surface area contributed by atoms with E-state index in [1.165, 1.54) is 51.4 Å². The maximum Gasteiger partial charge on any atom is 0.240 e. The van der Waals surface area contributed by atoms with Gasteiger partial charge in [0.25, 0.3) is 0 Å². The third-order valence-corrected chi connectivity index (χ3v) is 6.08. The molecule has 19 heavy (non-hydrogen) atoms. The molecule has 3 nitrogen and oxygen atoms in total. The Morgan fingerprint density at radius 2 is 1.89 bits per heavy atom. The second-order valence-corrected chi connectivity index (χ2v) is 7.48. The molecule has 0 aromatic heterocycles. The fourth-order valence-corrected chi connectivity index (χ4v) is 4.53. The van der Waals surface area contributed by atoms with Gasteiger partial charge in [0.05, 0.1) is 12.2 Å². The fraction of sp³-hybridized carbons (Fsp3) is 0.938. The van der Waals surface area contributed by atoms with Crippen LogP contribution in [0.5, 0.6) is 0 Å². The van der Waals surface area contributed by atoms with Crippen LogP contribution in [0.3, 0.4) is 0 Å². The van der Waals surface area contributed by atoms with Gasteiger partial charge in [-0.1, -0.05) is 12.8 Å². The zero-order chi connectivity index (χ0) is 13.0. The molecule has 2 atom stereocenters. The van der Waals surface area contributed by atoms with Gasteiger partial charge in [-0.15, -0.1) is 0 Å². The minimum Gasteiger partial charge on any atom is -0.325 e. The lowest BCUT2D eigenvalue weighted by molar-refractivity contribution is -0.131. The summed E-state index contributed by atoms with van der Waals surface area (Å²) in [6.45, 7) is 3.09. The summed E-state index contributed by atoms with van der Waals surface area (Å²) in [5.74, 6) is 2.02. The molecule has 1 aliphatic heterocycles. The molecule has 3 saturated carbocycles. The van der Waals surface area contributed by atoms with Gasteiger partial charge in [-0.25, -0.2) is 0 Å². The van der Waals surface area contributed by atoms with E-state index < -0.39 is 0 Å². The van der Waals surface area contributed by atoms with Crippen LogP contribution in [0.25, 0.3) is 0 Å². The van der Waals surface area contributed by atoms with Gasteiger partial charge in [-0.05, 0) is 62.7 Å². The van der Waals surface area contributed by atoms with Gasteiger partial charge in [0.2, 0.25) is 5.91 Å². The van der Waals surface area contributed by atoms with Crippen LogP contribution < -0.4 is 5.32 Å². The molecule has 1 N–H and O–H groups in total. The Hall–Kier alpha value is -0.570. The van der Waals surface area contributed by atoms with E-state index in [1.807, 2.05) is 6.92 Å². The van der Waals surface area contributed by atoms with E-state index in [0.29, 0.717) is 23.4 Å². The molecule has 1 heterocycles. The predicted molar refractivity (Wildman–Crippen MR) is 74.4 cm³/mol. The monoisotopic (exact) mass is 262 g/mol. The summed E-state index contributed by atoms with van der Waals surface area (Å²) in [5, 5.41) is 3.58. The first-order chi connectivity index (χ1) is 9.20. The Morgan fingerprint density at radius 3 is 2.47 bits per heavy atom. The molecule has 0 radical (unpaired) electrons. The van der Waals surface area contributed by atoms with Crippen molar-refractivity contribution in [2.45, 2.75) is 70.5 Å². The fourth-order valence-electron chi connectivity index (χ4n) is 4.53. The van der Waals surface area contributed by atoms with Crippen molar-refractivity contribution < 1.29 is 4.79 Å². The van der Waals surface area contributed by atoms with Gasteiger partial charge < -0.3 is 4.90 Å². The summed E-state index contributed by atoms with van der Waals surface area (Å²) >= 11 is 0. The summed E-state index contributed by atoms with van der Waals surface area (Å²) in [7, 11) is 0. The molecule has 0 aromatic rings. The minimum atomic E-state index is 0.0422. The topological polar surface area (TPSA) is 32.3 Å². The standard InChI is InChI=1S/C16H26N2O/c1-11-15(19)18(10-16(8-9-16)13-6-7-13)14(17-11)12-4-2-3-5-12/h11-14,17H,2-10H2,1H3. The second-order valence-electron chi connectivity index (χ2n) is 7.48. The molecule has 0 aromatic carbocycles. The maximum atomic E-state index is 12.5. The number of carbonyl (C=O) groups is 1. The van der Waals surface area contributed by atoms with Crippen molar-refractivity contribution in [2.75, 3.05) is 6.54 Å². The number of hydrogen-bond acceptors (Lipinski definition) is 2. The Bertz CT molecular complexity index is 380. The molecule has 0 bridgehead atoms. The number of amides is 1. The molecule has 0 spiro atoms. The van der Waals surface area contributed by atoms with Gasteiger partial charge in [-0.3, -0.25) is 10.1 Å². The molecule has 1 amide bonds. The lowest BCUT2D eigenvalue weighted by Gasteiger charge is -2.32. The summed E-state index contributed by atoms with van der Waals surface area (Å²) < 4.78 is 0. The molecule has 3 aliphatic carbocycles. The van der Waals surface area contributed by atoms with E-state index >= 15 is 0 Å². The Balaban J connectivity index is 1.51. The van der Waals surface area contributed by atoms with Crippen LogP contribution in [0.1, 0.15) is 58.3 Å². The van der Waals surface area contributed by atoms with Crippen LogP contribution in [-0.4, -0.2) is 29.6 Å². The molecular weight excluding hydrogens is 236 g/mol. The molecule has 4 aliphatic rings. The van der Waals surface area contributed by atoms with Crippen molar-refractivity contribution in [2.24, 2.45) is 17.3 Å². The molecular formula is C16H26N2O. The Morgan fingerprint density at radius 1 is 1.21 bits per heavy atom. The highest BCUT2D eigenvalue weighted by molar-refractivity contribution is 5.84. The average molecular weight is 262 g/mol. The molecule has 4 fully saturated rings. The number of rotatable bonds is 4. The number of hydrogen-bond donors (Lipinski definition) is 1. The summed E-state index contributed by atoms with van der Waals surface area (Å²) in [6.07, 6.45) is 11.2. The summed E-state index contributed by atoms with van der Waals surface area (Å²) in [6, 6.07) is 0.0422. The van der Waals surface area contributed by atoms with E-state index in [9.17, 15) is 4.79 Å². The van der Waals surface area contributed by atoms with E-state index in [1.54, 1.807) is 0 Å². The smallest absolute Gasteiger partial charge is 0.240 e. The largest absolute Gasteiger partial charge is 0.325 e. The van der Waals surface area contributed by atoms with Gasteiger partial charge in [0, 0.05) is 6.54 Å². The molecule has 1 saturated heterocycles. The van der Waals surface area contributed by atoms with E-state index in [2.05, 4.69) is 10.2 Å². The lowest BCUT2D eigenvalue weighted by atomic mass is 9.97. The molecule has 2 unspecified atom stereocenters. The summed E-state index contributed by atoms with van der Waals surface area (Å²) in [4.78, 5) is 14.7. The number of nitrogens with zero attached hydrogens (tertiary/aromatic N) is 1. The predicted octanol–water partition coefficient (Wildman–Crippen LogP) is 2.51. The van der Waals surface area contributed by atoms with Gasteiger partial charge >= 0.3 is 0 Å². The highest BCUT2D eigenvalue weighted by Gasteiger charge is 2.56. The Kier molecular flexibility index (Phi) is 2.70. The van der Waals surface area contributed by atoms with E-state index in [4.69, 9.17) is 0 Å². The quantitative estimate of drug-likeness (QED) is 0.844. The van der Waals surface area contributed by atoms with Crippen molar-refractivity contribution in [1.29, 1.82) is 0 Å². The summed E-state index contributed by atoms with van der Waals surface area (Å²) in [5.41, 5.74) is 0.540. The van der Waals surface area contributed by atoms with Crippen LogP contribution in [0.2, 0.25) is 0 Å². The first-order valence-electron chi connectivity index (χ1n) is 8.26. The number of nitrogens with one attached hydrogen (secondary N) is 1. The van der Waals surface area contributed by atoms with Crippen LogP contribution in [0, 0.1) is 17.3 Å². The van der Waals surface area contributed by atoms with Crippen LogP contribution in [0.15, 0.2) is 0 Å². The third-order valence-electron chi connectivity index (χ3n) is 6.08. The van der Waals surface area contributed by atoms with Crippen molar-refractivity contribution in [3.8, 4) is 0 Å². The molecule has 106 valence electrons. The van der Waals surface area contributed by atoms with Crippen LogP contribution in [0.4, 0.5) is 0 Å². The second kappa shape index (κ2) is 4.21. The Labute approximate surface area is 116 Å². The highest BCUT2D eigenvalue weighted by atomic mass is 16.2. The van der Waals surface area contributed by atoms with Gasteiger partial charge in [0.15, 0.2) is 0 Å². The van der Waals surface area contributed by atoms with Crippen molar-refractivity contribution >= 4 is 5.91 Å². The third kappa shape index (κ3) is 2.01. The van der Waals surface area contributed by atoms with Gasteiger partial charge in [0.1, 0.15) is 0 Å². The molecule has 4 rings (SSSR count). The van der Waals surface area contributed by atoms with Crippen molar-refractivity contribution in [3.63, 3.8) is 0 Å². The van der Waals surface area contributed by atoms with E-state index in [-0.39, 0.29) is 6.04 Å². The maximum absolute atomic E-state index is 12.5. The SMILES string of the molecule is CC1NC(C2CCCC2)N(CC2(C3CC3)CC2)C1=O. The first-order valence-corrected chi connectivity index (χ1v) is 8.26. The normalized spacial score (nSPS) is 38.2. The zero-order valence-corrected chi connectivity index (χ0v) is 12.0. The van der Waals surface area contributed by atoms with Crippen LogP contribution in [-0.2, 0) is 4.79 Å². The number of carbonyl (C=O) groups excluding carboxylic acids is 1. The van der Waals surface area contributed by atoms with Crippen LogP contribution >= 0.6 is 0 Å². The highest BCUT2D eigenvalue weighted by Crippen LogP contribution is 2.62. The van der Waals surface area contributed by atoms with Crippen molar-refractivity contribution in [1.82, 2.24) is 10.2 Å². The minimum absolute atomic E-state index is 0.0422. The van der Waals surface area contributed by atoms with E-state index in [0.717, 1.165) is 12.5 Å². The first kappa shape index (κ1) is 12.2.